The zero-order chi connectivity index (χ0) is 26.9. The summed E-state index contributed by atoms with van der Waals surface area (Å²) in [7, 11) is 4.52. The monoisotopic (exact) mass is 636 g/mol. The van der Waals surface area contributed by atoms with E-state index in [-0.39, 0.29) is 23.5 Å². The first-order valence-corrected chi connectivity index (χ1v) is 13.1. The van der Waals surface area contributed by atoms with E-state index in [2.05, 4.69) is 4.99 Å². The predicted octanol–water partition coefficient (Wildman–Crippen LogP) is 3.13. The molecular formula is C26H25IN2O7S. The Labute approximate surface area is 230 Å². The van der Waals surface area contributed by atoms with E-state index in [4.69, 9.17) is 18.9 Å². The molecule has 37 heavy (non-hydrogen) atoms. The molecule has 2 heterocycles. The minimum absolute atomic E-state index is 0.0323. The number of esters is 1. The highest BCUT2D eigenvalue weighted by atomic mass is 127. The average molecular weight is 636 g/mol. The number of phenols is 1. The van der Waals surface area contributed by atoms with E-state index in [9.17, 15) is 14.7 Å². The number of methoxy groups -OCH3 is 3. The lowest BCUT2D eigenvalue weighted by Gasteiger charge is -2.25. The zero-order valence-electron chi connectivity index (χ0n) is 20.8. The fourth-order valence-corrected chi connectivity index (χ4v) is 5.79. The van der Waals surface area contributed by atoms with Crippen LogP contribution >= 0.6 is 33.9 Å². The molecule has 1 aliphatic rings. The number of hydrogen-bond acceptors (Lipinski definition) is 9. The first-order chi connectivity index (χ1) is 17.7. The van der Waals surface area contributed by atoms with Gasteiger partial charge in [0, 0.05) is 0 Å². The maximum Gasteiger partial charge on any atom is 0.338 e. The van der Waals surface area contributed by atoms with E-state index in [1.54, 1.807) is 50.3 Å². The van der Waals surface area contributed by atoms with Gasteiger partial charge in [0.05, 0.1) is 53.4 Å². The van der Waals surface area contributed by atoms with Crippen molar-refractivity contribution in [1.82, 2.24) is 4.57 Å². The van der Waals surface area contributed by atoms with Crippen molar-refractivity contribution in [2.45, 2.75) is 19.9 Å². The van der Waals surface area contributed by atoms with Crippen molar-refractivity contribution >= 4 is 46.0 Å². The van der Waals surface area contributed by atoms with Gasteiger partial charge in [-0.05, 0) is 77.9 Å². The second-order valence-corrected chi connectivity index (χ2v) is 10.1. The Balaban J connectivity index is 1.97. The molecule has 11 heteroatoms. The van der Waals surface area contributed by atoms with Crippen LogP contribution in [0.5, 0.6) is 23.0 Å². The molecule has 1 aromatic heterocycles. The molecule has 0 bridgehead atoms. The van der Waals surface area contributed by atoms with Crippen LogP contribution in [0.3, 0.4) is 0 Å². The number of carbonyl (C=O) groups excluding carboxylic acids is 1. The van der Waals surface area contributed by atoms with Crippen LogP contribution in [0.25, 0.3) is 6.08 Å². The highest BCUT2D eigenvalue weighted by molar-refractivity contribution is 14.1. The summed E-state index contributed by atoms with van der Waals surface area (Å²) in [4.78, 5) is 31.9. The zero-order valence-corrected chi connectivity index (χ0v) is 23.8. The number of aromatic hydroxyl groups is 1. The fourth-order valence-electron chi connectivity index (χ4n) is 4.11. The van der Waals surface area contributed by atoms with Gasteiger partial charge in [-0.15, -0.1) is 0 Å². The topological polar surface area (TPSA) is 109 Å². The number of hydrogen-bond donors (Lipinski definition) is 1. The molecule has 0 unspecified atom stereocenters. The predicted molar refractivity (Wildman–Crippen MR) is 147 cm³/mol. The van der Waals surface area contributed by atoms with Gasteiger partial charge in [0.15, 0.2) is 27.8 Å². The van der Waals surface area contributed by atoms with E-state index >= 15 is 0 Å². The molecule has 0 spiro atoms. The van der Waals surface area contributed by atoms with Gasteiger partial charge in [0.1, 0.15) is 0 Å². The van der Waals surface area contributed by atoms with Gasteiger partial charge >= 0.3 is 5.97 Å². The van der Waals surface area contributed by atoms with Gasteiger partial charge in [-0.2, -0.15) is 0 Å². The molecule has 9 nitrogen and oxygen atoms in total. The Kier molecular flexibility index (Phi) is 7.93. The second-order valence-electron chi connectivity index (χ2n) is 7.97. The van der Waals surface area contributed by atoms with Crippen LogP contribution in [-0.2, 0) is 9.53 Å². The summed E-state index contributed by atoms with van der Waals surface area (Å²) >= 11 is 3.21. The number of allylic oxidation sites excluding steroid dienone is 1. The minimum Gasteiger partial charge on any atom is -0.504 e. The van der Waals surface area contributed by atoms with Crippen LogP contribution in [0.2, 0.25) is 0 Å². The number of halogens is 1. The van der Waals surface area contributed by atoms with Crippen molar-refractivity contribution in [2.24, 2.45) is 4.99 Å². The highest BCUT2D eigenvalue weighted by Gasteiger charge is 2.34. The standard InChI is InChI=1S/C26H25IN2O7S/c1-6-36-25(32)21-13(2)28-26-29(22(21)15-7-8-17(33-3)18(12-15)34-4)24(31)20(37-26)11-14-9-16(27)23(30)19(10-14)35-5/h7-12,22,30H,6H2,1-5H3/b20-11-/t22-/m1/s1. The lowest BCUT2D eigenvalue weighted by Crippen LogP contribution is -2.40. The molecule has 1 aliphatic heterocycles. The van der Waals surface area contributed by atoms with Crippen molar-refractivity contribution in [3.05, 3.63) is 76.0 Å². The van der Waals surface area contributed by atoms with E-state index in [0.29, 0.717) is 47.0 Å². The molecule has 0 saturated heterocycles. The second kappa shape index (κ2) is 11.0. The molecule has 0 aliphatic carbocycles. The van der Waals surface area contributed by atoms with E-state index in [1.165, 1.54) is 37.2 Å². The van der Waals surface area contributed by atoms with E-state index in [1.807, 2.05) is 22.6 Å². The van der Waals surface area contributed by atoms with E-state index in [0.717, 1.165) is 0 Å². The first kappa shape index (κ1) is 26.7. The Morgan fingerprint density at radius 1 is 1.14 bits per heavy atom. The van der Waals surface area contributed by atoms with Gasteiger partial charge < -0.3 is 24.1 Å². The Morgan fingerprint density at radius 3 is 2.49 bits per heavy atom. The maximum absolute atomic E-state index is 13.8. The molecule has 1 N–H and O–H groups in total. The van der Waals surface area contributed by atoms with Crippen LogP contribution in [0.15, 0.2) is 51.4 Å². The van der Waals surface area contributed by atoms with Crippen molar-refractivity contribution in [2.75, 3.05) is 27.9 Å². The third-order valence-electron chi connectivity index (χ3n) is 5.81. The smallest absolute Gasteiger partial charge is 0.338 e. The largest absolute Gasteiger partial charge is 0.504 e. The number of ether oxygens (including phenoxy) is 4. The SMILES string of the molecule is CCOC(=O)C1=C(C)N=c2s/c(=C\c3cc(I)c(O)c(OC)c3)c(=O)n2[C@@H]1c1ccc(OC)c(OC)c1. The summed E-state index contributed by atoms with van der Waals surface area (Å²) in [6, 6.07) is 7.87. The fraction of sp³-hybridized carbons (Fsp3) is 0.269. The highest BCUT2D eigenvalue weighted by Crippen LogP contribution is 2.36. The molecule has 0 fully saturated rings. The molecule has 2 aromatic carbocycles. The molecule has 0 saturated carbocycles. The lowest BCUT2D eigenvalue weighted by molar-refractivity contribution is -0.139. The third kappa shape index (κ3) is 4.97. The molecule has 194 valence electrons. The summed E-state index contributed by atoms with van der Waals surface area (Å²) in [5.74, 6) is 0.772. The van der Waals surface area contributed by atoms with Crippen LogP contribution in [0.1, 0.15) is 31.0 Å². The number of nitrogens with zero attached hydrogens (tertiary/aromatic N) is 2. The quantitative estimate of drug-likeness (QED) is 0.314. The number of thiazole rings is 1. The normalized spacial score (nSPS) is 15.2. The van der Waals surface area contributed by atoms with Crippen LogP contribution in [-0.4, -0.2) is 43.6 Å². The summed E-state index contributed by atoms with van der Waals surface area (Å²) in [6.45, 7) is 3.63. The van der Waals surface area contributed by atoms with Crippen LogP contribution in [0.4, 0.5) is 0 Å². The third-order valence-corrected chi connectivity index (χ3v) is 7.61. The number of carbonyl (C=O) groups is 1. The first-order valence-electron chi connectivity index (χ1n) is 11.2. The summed E-state index contributed by atoms with van der Waals surface area (Å²) in [5.41, 5.74) is 1.73. The van der Waals surface area contributed by atoms with Crippen molar-refractivity contribution in [1.29, 1.82) is 0 Å². The summed E-state index contributed by atoms with van der Waals surface area (Å²) in [5, 5.41) is 10.2. The summed E-state index contributed by atoms with van der Waals surface area (Å²) < 4.78 is 23.9. The molecule has 4 rings (SSSR count). The van der Waals surface area contributed by atoms with Crippen molar-refractivity contribution in [3.63, 3.8) is 0 Å². The molecule has 0 radical (unpaired) electrons. The van der Waals surface area contributed by atoms with Gasteiger partial charge in [-0.1, -0.05) is 17.4 Å². The number of benzene rings is 2. The number of phenolic OH excluding ortho intramolecular Hbond substituents is 1. The van der Waals surface area contributed by atoms with Gasteiger partial charge in [-0.3, -0.25) is 9.36 Å². The minimum atomic E-state index is -0.785. The number of aromatic nitrogens is 1. The van der Waals surface area contributed by atoms with Gasteiger partial charge in [0.25, 0.3) is 5.56 Å². The van der Waals surface area contributed by atoms with Crippen LogP contribution < -0.4 is 29.1 Å². The van der Waals surface area contributed by atoms with E-state index < -0.39 is 12.0 Å². The number of rotatable bonds is 7. The van der Waals surface area contributed by atoms with Crippen molar-refractivity contribution in [3.8, 4) is 23.0 Å². The number of fused-ring (bicyclic) bond motifs is 1. The van der Waals surface area contributed by atoms with Gasteiger partial charge in [-0.25, -0.2) is 9.79 Å². The Bertz CT molecular complexity index is 1590. The summed E-state index contributed by atoms with van der Waals surface area (Å²) in [6.07, 6.45) is 1.71. The maximum atomic E-state index is 13.8. The molecule has 3 aromatic rings. The molecule has 1 atom stereocenters. The van der Waals surface area contributed by atoms with Crippen molar-refractivity contribution < 1.29 is 28.8 Å². The molecular weight excluding hydrogens is 611 g/mol. The van der Waals surface area contributed by atoms with Gasteiger partial charge in [0.2, 0.25) is 0 Å². The average Bonchev–Trinajstić information content (AvgIpc) is 3.18. The lowest BCUT2D eigenvalue weighted by atomic mass is 9.95. The Morgan fingerprint density at radius 2 is 1.84 bits per heavy atom. The molecule has 0 amide bonds. The van der Waals surface area contributed by atoms with Crippen LogP contribution in [0, 0.1) is 3.57 Å². The Hall–Kier alpha value is -3.32.